The van der Waals surface area contributed by atoms with Gasteiger partial charge in [-0.15, -0.1) is 0 Å². The molecule has 1 aromatic carbocycles. The lowest BCUT2D eigenvalue weighted by Crippen LogP contribution is -2.41. The van der Waals surface area contributed by atoms with Gasteiger partial charge in [-0.1, -0.05) is 12.1 Å². The Bertz CT molecular complexity index is 1110. The Hall–Kier alpha value is -3.26. The molecule has 1 atom stereocenters. The predicted molar refractivity (Wildman–Crippen MR) is 109 cm³/mol. The minimum absolute atomic E-state index is 0.113. The van der Waals surface area contributed by atoms with Gasteiger partial charge in [-0.3, -0.25) is 4.79 Å². The van der Waals surface area contributed by atoms with Gasteiger partial charge in [0.1, 0.15) is 5.82 Å². The van der Waals surface area contributed by atoms with E-state index >= 15 is 0 Å². The van der Waals surface area contributed by atoms with Crippen molar-refractivity contribution in [2.24, 2.45) is 0 Å². The third-order valence-corrected chi connectivity index (χ3v) is 6.14. The van der Waals surface area contributed by atoms with Crippen molar-refractivity contribution in [3.63, 3.8) is 0 Å². The third-order valence-electron chi connectivity index (χ3n) is 4.76. The molecule has 0 saturated carbocycles. The molecule has 4 rings (SSSR count). The number of aromatic nitrogens is 3. The first-order chi connectivity index (χ1) is 14.0. The molecule has 0 saturated heterocycles. The number of carbonyl (C=O) groups excluding carboxylic acids is 1. The van der Waals surface area contributed by atoms with Crippen LogP contribution in [0.15, 0.2) is 78.7 Å². The van der Waals surface area contributed by atoms with Crippen LogP contribution in [0.25, 0.3) is 5.69 Å². The molecule has 3 aromatic rings. The van der Waals surface area contributed by atoms with Gasteiger partial charge in [-0.05, 0) is 42.0 Å². The molecule has 1 aliphatic heterocycles. The second-order valence-corrected chi connectivity index (χ2v) is 8.78. The fourth-order valence-electron chi connectivity index (χ4n) is 3.28. The van der Waals surface area contributed by atoms with Gasteiger partial charge in [0.15, 0.2) is 9.84 Å². The summed E-state index contributed by atoms with van der Waals surface area (Å²) in [5.41, 5.74) is 1.86. The van der Waals surface area contributed by atoms with Crippen molar-refractivity contribution >= 4 is 15.7 Å². The van der Waals surface area contributed by atoms with Gasteiger partial charge < -0.3 is 9.47 Å². The summed E-state index contributed by atoms with van der Waals surface area (Å²) in [7, 11) is -3.29. The van der Waals surface area contributed by atoms with Crippen molar-refractivity contribution in [3.8, 4) is 5.69 Å². The molecule has 1 amide bonds. The predicted octanol–water partition coefficient (Wildman–Crippen LogP) is 2.15. The second-order valence-electron chi connectivity index (χ2n) is 6.85. The quantitative estimate of drug-likeness (QED) is 0.624. The molecular formula is C21H20N4O3S. The van der Waals surface area contributed by atoms with E-state index in [9.17, 15) is 13.2 Å². The standard InChI is InChI=1S/C21H20N4O3S/c26-21(14-17-4-6-18(7-5-17)24-11-1-2-12-24)25(15-20-22-9-3-10-23-20)19-8-13-29(27,28)16-19/h1-13,19H,14-16H2. The Morgan fingerprint density at radius 3 is 2.38 bits per heavy atom. The van der Waals surface area contributed by atoms with Crippen LogP contribution in [0.3, 0.4) is 0 Å². The monoisotopic (exact) mass is 408 g/mol. The minimum Gasteiger partial charge on any atom is -0.327 e. The Labute approximate surface area is 169 Å². The molecule has 0 N–H and O–H groups in total. The maximum absolute atomic E-state index is 13.1. The summed E-state index contributed by atoms with van der Waals surface area (Å²) in [4.78, 5) is 23.0. The Morgan fingerprint density at radius 2 is 1.76 bits per heavy atom. The number of hydrogen-bond donors (Lipinski definition) is 0. The molecule has 0 fully saturated rings. The van der Waals surface area contributed by atoms with Crippen molar-refractivity contribution < 1.29 is 13.2 Å². The van der Waals surface area contributed by atoms with Crippen LogP contribution in [0.5, 0.6) is 0 Å². The average molecular weight is 408 g/mol. The zero-order valence-corrected chi connectivity index (χ0v) is 16.4. The lowest BCUT2D eigenvalue weighted by atomic mass is 10.1. The number of carbonyl (C=O) groups is 1. The van der Waals surface area contributed by atoms with Gasteiger partial charge in [0, 0.05) is 35.9 Å². The summed E-state index contributed by atoms with van der Waals surface area (Å²) in [5, 5.41) is 1.18. The molecule has 2 aromatic heterocycles. The number of hydrogen-bond acceptors (Lipinski definition) is 5. The molecule has 1 aliphatic rings. The molecule has 0 radical (unpaired) electrons. The van der Waals surface area contributed by atoms with E-state index in [1.54, 1.807) is 24.5 Å². The van der Waals surface area contributed by atoms with E-state index in [1.807, 2.05) is 53.4 Å². The van der Waals surface area contributed by atoms with Crippen molar-refractivity contribution in [2.75, 3.05) is 5.75 Å². The van der Waals surface area contributed by atoms with Crippen LogP contribution >= 0.6 is 0 Å². The molecule has 8 heteroatoms. The molecule has 0 bridgehead atoms. The topological polar surface area (TPSA) is 85.2 Å². The fourth-order valence-corrected chi connectivity index (χ4v) is 4.58. The second kappa shape index (κ2) is 8.00. The molecule has 1 unspecified atom stereocenters. The minimum atomic E-state index is -3.29. The summed E-state index contributed by atoms with van der Waals surface area (Å²) < 4.78 is 25.7. The summed E-state index contributed by atoms with van der Waals surface area (Å²) >= 11 is 0. The van der Waals surface area contributed by atoms with Crippen molar-refractivity contribution in [2.45, 2.75) is 19.0 Å². The fraction of sp³-hybridized carbons (Fsp3) is 0.190. The molecular weight excluding hydrogens is 388 g/mol. The number of benzene rings is 1. The number of rotatable bonds is 6. The van der Waals surface area contributed by atoms with Gasteiger partial charge in [-0.25, -0.2) is 18.4 Å². The largest absolute Gasteiger partial charge is 0.327 e. The zero-order chi connectivity index (χ0) is 20.3. The highest BCUT2D eigenvalue weighted by Crippen LogP contribution is 2.19. The molecule has 3 heterocycles. The zero-order valence-electron chi connectivity index (χ0n) is 15.6. The molecule has 0 aliphatic carbocycles. The smallest absolute Gasteiger partial charge is 0.227 e. The van der Waals surface area contributed by atoms with Crippen LogP contribution in [0.4, 0.5) is 0 Å². The highest BCUT2D eigenvalue weighted by Gasteiger charge is 2.30. The SMILES string of the molecule is O=C(Cc1ccc(-n2cccc2)cc1)N(Cc1ncccn1)C1C=CS(=O)(=O)C1. The number of nitrogens with zero attached hydrogens (tertiary/aromatic N) is 4. The summed E-state index contributed by atoms with van der Waals surface area (Å²) in [6.45, 7) is 0.158. The molecule has 0 spiro atoms. The lowest BCUT2D eigenvalue weighted by molar-refractivity contribution is -0.132. The highest BCUT2D eigenvalue weighted by atomic mass is 32.2. The van der Waals surface area contributed by atoms with Crippen LogP contribution in [0.1, 0.15) is 11.4 Å². The van der Waals surface area contributed by atoms with E-state index in [0.29, 0.717) is 5.82 Å². The van der Waals surface area contributed by atoms with Crippen molar-refractivity contribution in [1.82, 2.24) is 19.4 Å². The number of amides is 1. The molecule has 148 valence electrons. The van der Waals surface area contributed by atoms with Crippen LogP contribution in [0.2, 0.25) is 0 Å². The summed E-state index contributed by atoms with van der Waals surface area (Å²) in [6.07, 6.45) is 8.84. The van der Waals surface area contributed by atoms with Crippen LogP contribution in [-0.2, 0) is 27.6 Å². The molecule has 7 nitrogen and oxygen atoms in total. The van der Waals surface area contributed by atoms with Gasteiger partial charge in [-0.2, -0.15) is 0 Å². The van der Waals surface area contributed by atoms with Gasteiger partial charge in [0.2, 0.25) is 5.91 Å². The van der Waals surface area contributed by atoms with Gasteiger partial charge >= 0.3 is 0 Å². The third kappa shape index (κ3) is 4.60. The lowest BCUT2D eigenvalue weighted by Gasteiger charge is -2.27. The Balaban J connectivity index is 1.52. The highest BCUT2D eigenvalue weighted by molar-refractivity contribution is 7.94. The molecule has 29 heavy (non-hydrogen) atoms. The first-order valence-corrected chi connectivity index (χ1v) is 10.9. The summed E-state index contributed by atoms with van der Waals surface area (Å²) in [6, 6.07) is 12.8. The van der Waals surface area contributed by atoms with Gasteiger partial charge in [0.05, 0.1) is 24.8 Å². The van der Waals surface area contributed by atoms with E-state index in [2.05, 4.69) is 9.97 Å². The maximum Gasteiger partial charge on any atom is 0.227 e. The van der Waals surface area contributed by atoms with E-state index in [4.69, 9.17) is 0 Å². The van der Waals surface area contributed by atoms with Crippen molar-refractivity contribution in [1.29, 1.82) is 0 Å². The van der Waals surface area contributed by atoms with Gasteiger partial charge in [0.25, 0.3) is 0 Å². The van der Waals surface area contributed by atoms with E-state index in [-0.39, 0.29) is 24.6 Å². The van der Waals surface area contributed by atoms with Crippen LogP contribution in [0, 0.1) is 0 Å². The Kier molecular flexibility index (Phi) is 5.26. The summed E-state index contributed by atoms with van der Waals surface area (Å²) in [5.74, 6) is 0.192. The normalized spacial score (nSPS) is 17.3. The van der Waals surface area contributed by atoms with E-state index < -0.39 is 15.9 Å². The van der Waals surface area contributed by atoms with E-state index in [0.717, 1.165) is 11.3 Å². The average Bonchev–Trinajstić information content (AvgIpc) is 3.37. The maximum atomic E-state index is 13.1. The van der Waals surface area contributed by atoms with Crippen LogP contribution < -0.4 is 0 Å². The van der Waals surface area contributed by atoms with Crippen LogP contribution in [-0.4, -0.2) is 45.6 Å². The number of sulfone groups is 1. The van der Waals surface area contributed by atoms with E-state index in [1.165, 1.54) is 10.3 Å². The van der Waals surface area contributed by atoms with Crippen molar-refractivity contribution in [3.05, 3.63) is 90.1 Å². The first kappa shape index (κ1) is 19.1. The Morgan fingerprint density at radius 1 is 1.07 bits per heavy atom. The first-order valence-electron chi connectivity index (χ1n) is 9.19.